The van der Waals surface area contributed by atoms with E-state index < -0.39 is 17.8 Å². The van der Waals surface area contributed by atoms with Gasteiger partial charge in [0.25, 0.3) is 11.8 Å². The second kappa shape index (κ2) is 10.1. The third kappa shape index (κ3) is 4.68. The molecular formula is C26H22ClN3O6S. The Bertz CT molecular complexity index is 1510. The van der Waals surface area contributed by atoms with Gasteiger partial charge >= 0.3 is 5.97 Å². The minimum absolute atomic E-state index is 0.0361. The van der Waals surface area contributed by atoms with Crippen molar-refractivity contribution in [3.8, 4) is 17.2 Å². The van der Waals surface area contributed by atoms with Crippen molar-refractivity contribution >= 4 is 58.5 Å². The Hall–Kier alpha value is -4.15. The number of hydrogen-bond acceptors (Lipinski definition) is 6. The van der Waals surface area contributed by atoms with Gasteiger partial charge in [0.2, 0.25) is 0 Å². The predicted molar refractivity (Wildman–Crippen MR) is 143 cm³/mol. The lowest BCUT2D eigenvalue weighted by Gasteiger charge is -2.30. The zero-order chi connectivity index (χ0) is 27.0. The number of carboxylic acid groups (broad SMARTS) is 1. The van der Waals surface area contributed by atoms with E-state index in [0.29, 0.717) is 34.1 Å². The summed E-state index contributed by atoms with van der Waals surface area (Å²) in [5, 5.41) is 12.0. The lowest BCUT2D eigenvalue weighted by atomic mass is 10.1. The molecule has 1 aliphatic heterocycles. The Balaban J connectivity index is 1.78. The highest BCUT2D eigenvalue weighted by molar-refractivity contribution is 7.80. The summed E-state index contributed by atoms with van der Waals surface area (Å²) in [5.74, 6) is -1.55. The van der Waals surface area contributed by atoms with E-state index in [0.717, 1.165) is 5.69 Å². The third-order valence-electron chi connectivity index (χ3n) is 5.94. The van der Waals surface area contributed by atoms with Crippen molar-refractivity contribution in [1.29, 1.82) is 0 Å². The fourth-order valence-electron chi connectivity index (χ4n) is 4.15. The van der Waals surface area contributed by atoms with E-state index in [2.05, 4.69) is 5.32 Å². The second-order valence-electron chi connectivity index (χ2n) is 8.13. The van der Waals surface area contributed by atoms with Crippen LogP contribution in [0.5, 0.6) is 11.5 Å². The number of aromatic carboxylic acids is 1. The largest absolute Gasteiger partial charge is 0.497 e. The highest BCUT2D eigenvalue weighted by atomic mass is 35.5. The van der Waals surface area contributed by atoms with E-state index in [1.807, 2.05) is 11.5 Å². The number of ether oxygens (including phenoxy) is 2. The first-order valence-corrected chi connectivity index (χ1v) is 11.7. The molecule has 4 rings (SSSR count). The van der Waals surface area contributed by atoms with Crippen LogP contribution in [0.2, 0.25) is 5.02 Å². The van der Waals surface area contributed by atoms with Crippen molar-refractivity contribution in [2.24, 2.45) is 0 Å². The second-order valence-corrected chi connectivity index (χ2v) is 8.92. The van der Waals surface area contributed by atoms with Gasteiger partial charge in [-0.3, -0.25) is 14.9 Å². The smallest absolute Gasteiger partial charge is 0.337 e. The summed E-state index contributed by atoms with van der Waals surface area (Å²) in [6.45, 7) is 3.63. The van der Waals surface area contributed by atoms with Crippen molar-refractivity contribution < 1.29 is 29.0 Å². The number of aryl methyl sites for hydroxylation is 1. The van der Waals surface area contributed by atoms with E-state index in [9.17, 15) is 19.5 Å². The molecule has 1 saturated heterocycles. The summed E-state index contributed by atoms with van der Waals surface area (Å²) >= 11 is 11.3. The number of halogens is 1. The number of amides is 2. The van der Waals surface area contributed by atoms with Crippen molar-refractivity contribution in [3.63, 3.8) is 0 Å². The van der Waals surface area contributed by atoms with E-state index in [1.165, 1.54) is 37.3 Å². The Labute approximate surface area is 222 Å². The van der Waals surface area contributed by atoms with Crippen LogP contribution < -0.4 is 19.7 Å². The number of rotatable bonds is 6. The summed E-state index contributed by atoms with van der Waals surface area (Å²) in [6, 6.07) is 11.3. The van der Waals surface area contributed by atoms with Crippen LogP contribution in [0.25, 0.3) is 11.8 Å². The van der Waals surface area contributed by atoms with Gasteiger partial charge in [-0.05, 0) is 74.1 Å². The third-order valence-corrected chi connectivity index (χ3v) is 6.55. The lowest BCUT2D eigenvalue weighted by molar-refractivity contribution is -0.122. The van der Waals surface area contributed by atoms with E-state index in [1.54, 1.807) is 37.3 Å². The Kier molecular flexibility index (Phi) is 7.06. The number of carbonyl (C=O) groups is 3. The molecule has 0 atom stereocenters. The summed E-state index contributed by atoms with van der Waals surface area (Å²) in [4.78, 5) is 39.1. The molecule has 37 heavy (non-hydrogen) atoms. The van der Waals surface area contributed by atoms with Gasteiger partial charge < -0.3 is 19.1 Å². The molecule has 1 fully saturated rings. The quantitative estimate of drug-likeness (QED) is 0.273. The number of thiocarbonyl (C=S) groups is 1. The van der Waals surface area contributed by atoms with E-state index in [4.69, 9.17) is 33.3 Å². The Morgan fingerprint density at radius 2 is 1.81 bits per heavy atom. The maximum atomic E-state index is 13.5. The van der Waals surface area contributed by atoms with Crippen LogP contribution in [0.3, 0.4) is 0 Å². The molecule has 0 spiro atoms. The van der Waals surface area contributed by atoms with Crippen LogP contribution in [0.1, 0.15) is 27.3 Å². The average Bonchev–Trinajstić information content (AvgIpc) is 3.14. The van der Waals surface area contributed by atoms with Crippen molar-refractivity contribution in [2.45, 2.75) is 13.8 Å². The fraction of sp³-hybridized carbons (Fsp3) is 0.154. The van der Waals surface area contributed by atoms with Crippen molar-refractivity contribution in [1.82, 2.24) is 9.88 Å². The standard InChI is InChI=1S/C26H22ClN3O6S/c1-13-9-15(14(2)29(13)16-5-7-20(27)18(11-16)25(33)34)10-19-23(31)28-26(37)30(24(19)32)21-8-6-17(35-3)12-22(21)36-4/h5-12H,1-4H3,(H,33,34)(H,28,31,37)/b19-10-. The molecule has 0 unspecified atom stereocenters. The maximum Gasteiger partial charge on any atom is 0.337 e. The predicted octanol–water partition coefficient (Wildman–Crippen LogP) is 4.29. The first-order chi connectivity index (χ1) is 17.6. The summed E-state index contributed by atoms with van der Waals surface area (Å²) in [7, 11) is 2.96. The zero-order valence-electron chi connectivity index (χ0n) is 20.3. The molecule has 190 valence electrons. The molecule has 2 amide bonds. The zero-order valence-corrected chi connectivity index (χ0v) is 21.9. The molecule has 0 saturated carbocycles. The normalized spacial score (nSPS) is 14.7. The van der Waals surface area contributed by atoms with Crippen LogP contribution >= 0.6 is 23.8 Å². The maximum absolute atomic E-state index is 13.5. The minimum atomic E-state index is -1.15. The highest BCUT2D eigenvalue weighted by Gasteiger charge is 2.36. The van der Waals surface area contributed by atoms with Crippen molar-refractivity contribution in [2.75, 3.05) is 19.1 Å². The highest BCUT2D eigenvalue weighted by Crippen LogP contribution is 2.35. The molecule has 0 bridgehead atoms. The first-order valence-electron chi connectivity index (χ1n) is 10.9. The van der Waals surface area contributed by atoms with Gasteiger partial charge in [-0.2, -0.15) is 0 Å². The monoisotopic (exact) mass is 539 g/mol. The molecule has 0 aliphatic carbocycles. The van der Waals surface area contributed by atoms with E-state index in [-0.39, 0.29) is 21.3 Å². The van der Waals surface area contributed by atoms with Gasteiger partial charge in [-0.25, -0.2) is 9.69 Å². The van der Waals surface area contributed by atoms with Crippen molar-refractivity contribution in [3.05, 3.63) is 75.6 Å². The molecular weight excluding hydrogens is 518 g/mol. The molecule has 9 nitrogen and oxygen atoms in total. The SMILES string of the molecule is COc1ccc(N2C(=O)/C(=C\c3cc(C)n(-c4ccc(Cl)c(C(=O)O)c4)c3C)C(=O)NC2=S)c(OC)c1. The van der Waals surface area contributed by atoms with Gasteiger partial charge in [-0.15, -0.1) is 0 Å². The van der Waals surface area contributed by atoms with Crippen LogP contribution in [0.15, 0.2) is 48.0 Å². The van der Waals surface area contributed by atoms with Gasteiger partial charge in [0.05, 0.1) is 30.5 Å². The number of methoxy groups -OCH3 is 2. The topological polar surface area (TPSA) is 110 Å². The fourth-order valence-corrected chi connectivity index (χ4v) is 4.62. The van der Waals surface area contributed by atoms with E-state index >= 15 is 0 Å². The average molecular weight is 540 g/mol. The molecule has 1 aromatic heterocycles. The van der Waals surface area contributed by atoms with Gasteiger partial charge in [0.15, 0.2) is 5.11 Å². The first kappa shape index (κ1) is 25.9. The van der Waals surface area contributed by atoms with Gasteiger partial charge in [0, 0.05) is 23.1 Å². The minimum Gasteiger partial charge on any atom is -0.497 e. The summed E-state index contributed by atoms with van der Waals surface area (Å²) < 4.78 is 12.5. The van der Waals surface area contributed by atoms with Crippen LogP contribution in [-0.4, -0.2) is 46.8 Å². The number of carboxylic acids is 1. The number of benzene rings is 2. The number of carbonyl (C=O) groups excluding carboxylic acids is 2. The number of nitrogens with one attached hydrogen (secondary N) is 1. The molecule has 3 aromatic rings. The van der Waals surface area contributed by atoms with Crippen LogP contribution in [0.4, 0.5) is 5.69 Å². The Morgan fingerprint density at radius 3 is 2.46 bits per heavy atom. The molecule has 2 aromatic carbocycles. The van der Waals surface area contributed by atoms with Gasteiger partial charge in [0.1, 0.15) is 17.1 Å². The van der Waals surface area contributed by atoms with Gasteiger partial charge in [-0.1, -0.05) is 11.6 Å². The van der Waals surface area contributed by atoms with Crippen LogP contribution in [-0.2, 0) is 9.59 Å². The molecule has 1 aliphatic rings. The molecule has 11 heteroatoms. The lowest BCUT2D eigenvalue weighted by Crippen LogP contribution is -2.54. The van der Waals surface area contributed by atoms with Crippen LogP contribution in [0, 0.1) is 13.8 Å². The molecule has 2 heterocycles. The number of aromatic nitrogens is 1. The Morgan fingerprint density at radius 1 is 1.08 bits per heavy atom. The molecule has 0 radical (unpaired) electrons. The summed E-state index contributed by atoms with van der Waals surface area (Å²) in [5.41, 5.74) is 2.79. The number of nitrogens with zero attached hydrogens (tertiary/aromatic N) is 2. The number of hydrogen-bond donors (Lipinski definition) is 2. The molecule has 2 N–H and O–H groups in total. The number of anilines is 1. The summed E-state index contributed by atoms with van der Waals surface area (Å²) in [6.07, 6.45) is 1.48.